The number of fused-ring (bicyclic) bond motifs is 1. The number of aromatic amines is 1. The van der Waals surface area contributed by atoms with E-state index >= 15 is 0 Å². The average molecular weight is 434 g/mol. The number of aryl methyl sites for hydroxylation is 2. The van der Waals surface area contributed by atoms with Gasteiger partial charge in [-0.15, -0.1) is 0 Å². The van der Waals surface area contributed by atoms with Crippen LogP contribution in [0.5, 0.6) is 0 Å². The number of furan rings is 1. The number of amides is 2. The predicted molar refractivity (Wildman–Crippen MR) is 120 cm³/mol. The molecule has 1 N–H and O–H groups in total. The van der Waals surface area contributed by atoms with Gasteiger partial charge in [0.1, 0.15) is 0 Å². The summed E-state index contributed by atoms with van der Waals surface area (Å²) in [5, 5.41) is 7.36. The first-order valence-electron chi connectivity index (χ1n) is 11.0. The van der Waals surface area contributed by atoms with Crippen LogP contribution >= 0.6 is 0 Å². The zero-order valence-corrected chi connectivity index (χ0v) is 18.4. The average Bonchev–Trinajstić information content (AvgIpc) is 3.50. The van der Waals surface area contributed by atoms with Gasteiger partial charge in [0.05, 0.1) is 12.8 Å². The maximum absolute atomic E-state index is 13.3. The molecule has 166 valence electrons. The second-order valence-electron chi connectivity index (χ2n) is 8.55. The van der Waals surface area contributed by atoms with Crippen molar-refractivity contribution in [3.8, 4) is 0 Å². The molecule has 4 heterocycles. The molecule has 1 fully saturated rings. The molecule has 1 saturated heterocycles. The van der Waals surface area contributed by atoms with Crippen molar-refractivity contribution in [3.05, 3.63) is 70.4 Å². The number of carbonyl (C=O) groups is 2. The van der Waals surface area contributed by atoms with Crippen molar-refractivity contribution in [2.75, 3.05) is 37.6 Å². The molecule has 32 heavy (non-hydrogen) atoms. The molecule has 0 aliphatic carbocycles. The number of aromatic nitrogens is 2. The van der Waals surface area contributed by atoms with E-state index < -0.39 is 0 Å². The molecule has 0 unspecified atom stereocenters. The monoisotopic (exact) mass is 433 g/mol. The molecule has 8 heteroatoms. The Morgan fingerprint density at radius 3 is 2.56 bits per heavy atom. The van der Waals surface area contributed by atoms with E-state index in [2.05, 4.69) is 47.1 Å². The third-order valence-corrected chi connectivity index (χ3v) is 6.43. The largest absolute Gasteiger partial charge is 0.459 e. The molecule has 1 aromatic carbocycles. The lowest BCUT2D eigenvalue weighted by atomic mass is 10.0. The molecule has 0 bridgehead atoms. The van der Waals surface area contributed by atoms with Crippen LogP contribution in [0.1, 0.15) is 43.4 Å². The lowest BCUT2D eigenvalue weighted by molar-refractivity contribution is 0.0688. The second-order valence-corrected chi connectivity index (χ2v) is 8.55. The van der Waals surface area contributed by atoms with Crippen LogP contribution in [-0.4, -0.2) is 64.5 Å². The van der Waals surface area contributed by atoms with E-state index in [1.807, 2.05) is 4.90 Å². The van der Waals surface area contributed by atoms with Crippen LogP contribution in [0.4, 0.5) is 5.69 Å². The fourth-order valence-corrected chi connectivity index (χ4v) is 4.56. The van der Waals surface area contributed by atoms with Gasteiger partial charge in [0.15, 0.2) is 11.5 Å². The fraction of sp³-hybridized carbons (Fsp3) is 0.375. The Morgan fingerprint density at radius 1 is 1.00 bits per heavy atom. The summed E-state index contributed by atoms with van der Waals surface area (Å²) in [6.45, 7) is 8.00. The predicted octanol–water partition coefficient (Wildman–Crippen LogP) is 2.78. The Morgan fingerprint density at radius 2 is 1.81 bits per heavy atom. The van der Waals surface area contributed by atoms with E-state index in [9.17, 15) is 9.59 Å². The third-order valence-electron chi connectivity index (χ3n) is 6.43. The number of carbonyl (C=O) groups excluding carboxylic acids is 2. The van der Waals surface area contributed by atoms with Gasteiger partial charge in [-0.25, -0.2) is 0 Å². The molecule has 3 aromatic rings. The summed E-state index contributed by atoms with van der Waals surface area (Å²) in [5.41, 5.74) is 5.90. The molecule has 2 amide bonds. The number of hydrogen-bond donors (Lipinski definition) is 1. The molecule has 0 radical (unpaired) electrons. The highest BCUT2D eigenvalue weighted by atomic mass is 16.3. The second kappa shape index (κ2) is 8.18. The summed E-state index contributed by atoms with van der Waals surface area (Å²) in [6, 6.07) is 9.84. The third kappa shape index (κ3) is 3.66. The van der Waals surface area contributed by atoms with Crippen LogP contribution in [-0.2, 0) is 13.0 Å². The van der Waals surface area contributed by atoms with E-state index in [4.69, 9.17) is 4.42 Å². The Hall–Kier alpha value is -3.55. The number of rotatable bonds is 3. The van der Waals surface area contributed by atoms with Gasteiger partial charge in [0.25, 0.3) is 11.8 Å². The molecular formula is C24H27N5O3. The van der Waals surface area contributed by atoms with Crippen LogP contribution < -0.4 is 4.90 Å². The number of hydrogen-bond acceptors (Lipinski definition) is 5. The van der Waals surface area contributed by atoms with E-state index in [1.54, 1.807) is 17.0 Å². The van der Waals surface area contributed by atoms with Crippen molar-refractivity contribution in [3.63, 3.8) is 0 Å². The van der Waals surface area contributed by atoms with Crippen LogP contribution in [0.3, 0.4) is 0 Å². The first-order chi connectivity index (χ1) is 15.5. The van der Waals surface area contributed by atoms with Crippen molar-refractivity contribution in [2.24, 2.45) is 0 Å². The molecule has 0 spiro atoms. The molecular weight excluding hydrogens is 406 g/mol. The van der Waals surface area contributed by atoms with Crippen LogP contribution in [0.2, 0.25) is 0 Å². The van der Waals surface area contributed by atoms with Crippen molar-refractivity contribution in [2.45, 2.75) is 26.8 Å². The molecule has 5 rings (SSSR count). The molecule has 2 aliphatic rings. The number of benzene rings is 1. The lowest BCUT2D eigenvalue weighted by Gasteiger charge is -2.37. The van der Waals surface area contributed by atoms with Gasteiger partial charge in [-0.3, -0.25) is 14.7 Å². The number of H-pyrrole nitrogens is 1. The number of nitrogens with one attached hydrogen (secondary N) is 1. The van der Waals surface area contributed by atoms with Crippen molar-refractivity contribution in [1.29, 1.82) is 0 Å². The first-order valence-corrected chi connectivity index (χ1v) is 11.0. The maximum atomic E-state index is 13.3. The Balaban J connectivity index is 1.28. The minimum atomic E-state index is -0.164. The summed E-state index contributed by atoms with van der Waals surface area (Å²) in [5.74, 6) is 0.0742. The van der Waals surface area contributed by atoms with Gasteiger partial charge >= 0.3 is 0 Å². The summed E-state index contributed by atoms with van der Waals surface area (Å²) >= 11 is 0. The summed E-state index contributed by atoms with van der Waals surface area (Å²) in [6.07, 6.45) is 2.13. The summed E-state index contributed by atoms with van der Waals surface area (Å²) in [4.78, 5) is 31.9. The SMILES string of the molecule is Cc1ccc(C)c(N2CCN(C(=O)c3n[nH]c4c3CN(C(=O)c3ccco3)CC4)CC2)c1. The number of nitrogens with zero attached hydrogens (tertiary/aromatic N) is 4. The van der Waals surface area contributed by atoms with Crippen LogP contribution in [0, 0.1) is 13.8 Å². The Bertz CT molecular complexity index is 1140. The van der Waals surface area contributed by atoms with Crippen molar-refractivity contribution < 1.29 is 14.0 Å². The lowest BCUT2D eigenvalue weighted by Crippen LogP contribution is -2.49. The Labute approximate surface area is 186 Å². The van der Waals surface area contributed by atoms with Crippen molar-refractivity contribution in [1.82, 2.24) is 20.0 Å². The normalized spacial score (nSPS) is 16.2. The quantitative estimate of drug-likeness (QED) is 0.687. The molecule has 0 saturated carbocycles. The van der Waals surface area contributed by atoms with Gasteiger partial charge in [-0.05, 0) is 43.2 Å². The topological polar surface area (TPSA) is 85.7 Å². The highest BCUT2D eigenvalue weighted by Crippen LogP contribution is 2.26. The van der Waals surface area contributed by atoms with E-state index in [-0.39, 0.29) is 11.8 Å². The smallest absolute Gasteiger partial charge is 0.289 e. The fourth-order valence-electron chi connectivity index (χ4n) is 4.56. The van der Waals surface area contributed by atoms with Gasteiger partial charge in [0.2, 0.25) is 0 Å². The van der Waals surface area contributed by atoms with Crippen LogP contribution in [0.25, 0.3) is 0 Å². The van der Waals surface area contributed by atoms with Gasteiger partial charge < -0.3 is 19.1 Å². The van der Waals surface area contributed by atoms with Gasteiger partial charge in [0, 0.05) is 56.1 Å². The number of anilines is 1. The van der Waals surface area contributed by atoms with Gasteiger partial charge in [-0.1, -0.05) is 12.1 Å². The van der Waals surface area contributed by atoms with Crippen LogP contribution in [0.15, 0.2) is 41.0 Å². The van der Waals surface area contributed by atoms with E-state index in [0.717, 1.165) is 24.3 Å². The summed E-state index contributed by atoms with van der Waals surface area (Å²) in [7, 11) is 0. The zero-order chi connectivity index (χ0) is 22.2. The van der Waals surface area contributed by atoms with E-state index in [1.165, 1.54) is 23.1 Å². The highest BCUT2D eigenvalue weighted by Gasteiger charge is 2.32. The Kier molecular flexibility index (Phi) is 5.20. The minimum Gasteiger partial charge on any atom is -0.459 e. The molecule has 0 atom stereocenters. The standard InChI is InChI=1S/C24H27N5O3/c1-16-5-6-17(2)20(14-16)27-9-11-28(12-10-27)24(31)22-18-15-29(8-7-19(18)25-26-22)23(30)21-4-3-13-32-21/h3-6,13-14H,7-12,15H2,1-2H3,(H,25,26). The minimum absolute atomic E-state index is 0.0737. The zero-order valence-electron chi connectivity index (χ0n) is 18.4. The molecule has 2 aliphatic heterocycles. The van der Waals surface area contributed by atoms with Gasteiger partial charge in [-0.2, -0.15) is 5.10 Å². The molecule has 2 aromatic heterocycles. The summed E-state index contributed by atoms with van der Waals surface area (Å²) < 4.78 is 5.26. The molecule has 8 nitrogen and oxygen atoms in total. The van der Waals surface area contributed by atoms with E-state index in [0.29, 0.717) is 44.1 Å². The van der Waals surface area contributed by atoms with Crippen molar-refractivity contribution >= 4 is 17.5 Å². The maximum Gasteiger partial charge on any atom is 0.289 e. The number of piperazine rings is 1. The first kappa shape index (κ1) is 20.4. The highest BCUT2D eigenvalue weighted by molar-refractivity contribution is 5.95.